The SMILES string of the molecule is O=C(Cc1cccc(F)c1)NC(CO)(CO)CO. The monoisotopic (exact) mass is 257 g/mol. The molecule has 0 fully saturated rings. The fourth-order valence-corrected chi connectivity index (χ4v) is 1.44. The van der Waals surface area contributed by atoms with Crippen LogP contribution in [0.1, 0.15) is 5.56 Å². The first-order chi connectivity index (χ1) is 8.55. The van der Waals surface area contributed by atoms with E-state index in [0.717, 1.165) is 0 Å². The molecule has 5 nitrogen and oxygen atoms in total. The van der Waals surface area contributed by atoms with Crippen molar-refractivity contribution in [2.45, 2.75) is 12.0 Å². The van der Waals surface area contributed by atoms with Crippen LogP contribution in [-0.2, 0) is 11.2 Å². The van der Waals surface area contributed by atoms with Gasteiger partial charge >= 0.3 is 0 Å². The summed E-state index contributed by atoms with van der Waals surface area (Å²) >= 11 is 0. The van der Waals surface area contributed by atoms with E-state index >= 15 is 0 Å². The molecular weight excluding hydrogens is 241 g/mol. The zero-order valence-corrected chi connectivity index (χ0v) is 9.77. The quantitative estimate of drug-likeness (QED) is 0.537. The molecule has 0 aliphatic rings. The van der Waals surface area contributed by atoms with Gasteiger partial charge in [0.15, 0.2) is 0 Å². The molecule has 0 saturated heterocycles. The topological polar surface area (TPSA) is 89.8 Å². The Hall–Kier alpha value is -1.50. The van der Waals surface area contributed by atoms with Gasteiger partial charge in [-0.25, -0.2) is 4.39 Å². The molecule has 18 heavy (non-hydrogen) atoms. The molecule has 0 aliphatic carbocycles. The lowest BCUT2D eigenvalue weighted by atomic mass is 10.0. The average molecular weight is 257 g/mol. The summed E-state index contributed by atoms with van der Waals surface area (Å²) in [7, 11) is 0. The van der Waals surface area contributed by atoms with Gasteiger partial charge in [0.05, 0.1) is 26.2 Å². The first-order valence-electron chi connectivity index (χ1n) is 5.43. The molecule has 6 heteroatoms. The Morgan fingerprint density at radius 1 is 1.22 bits per heavy atom. The molecule has 0 atom stereocenters. The highest BCUT2D eigenvalue weighted by atomic mass is 19.1. The van der Waals surface area contributed by atoms with Crippen LogP contribution in [0.25, 0.3) is 0 Å². The maximum Gasteiger partial charge on any atom is 0.225 e. The molecule has 0 bridgehead atoms. The van der Waals surface area contributed by atoms with Crippen LogP contribution >= 0.6 is 0 Å². The number of hydrogen-bond acceptors (Lipinski definition) is 4. The van der Waals surface area contributed by atoms with E-state index in [9.17, 15) is 9.18 Å². The van der Waals surface area contributed by atoms with Gasteiger partial charge < -0.3 is 20.6 Å². The summed E-state index contributed by atoms with van der Waals surface area (Å²) in [5.41, 5.74) is -0.986. The predicted molar refractivity (Wildman–Crippen MR) is 62.2 cm³/mol. The van der Waals surface area contributed by atoms with Gasteiger partial charge in [-0.1, -0.05) is 12.1 Å². The van der Waals surface area contributed by atoms with Gasteiger partial charge in [-0.15, -0.1) is 0 Å². The molecular formula is C12H16FNO4. The minimum Gasteiger partial charge on any atom is -0.394 e. The van der Waals surface area contributed by atoms with Crippen molar-refractivity contribution >= 4 is 5.91 Å². The first-order valence-corrected chi connectivity index (χ1v) is 5.43. The van der Waals surface area contributed by atoms with Crippen LogP contribution in [0.4, 0.5) is 4.39 Å². The molecule has 1 rings (SSSR count). The Labute approximate surface area is 104 Å². The van der Waals surface area contributed by atoms with Crippen molar-refractivity contribution < 1.29 is 24.5 Å². The molecule has 0 aliphatic heterocycles. The first kappa shape index (κ1) is 14.6. The van der Waals surface area contributed by atoms with Gasteiger partial charge in [-0.2, -0.15) is 0 Å². The molecule has 1 aromatic carbocycles. The van der Waals surface area contributed by atoms with Crippen LogP contribution in [0.5, 0.6) is 0 Å². The summed E-state index contributed by atoms with van der Waals surface area (Å²) < 4.78 is 12.9. The zero-order valence-electron chi connectivity index (χ0n) is 9.77. The van der Waals surface area contributed by atoms with Gasteiger partial charge in [0, 0.05) is 0 Å². The Kier molecular flexibility index (Phi) is 5.21. The highest BCUT2D eigenvalue weighted by Crippen LogP contribution is 2.06. The van der Waals surface area contributed by atoms with Gasteiger partial charge in [0.2, 0.25) is 5.91 Å². The molecule has 0 aromatic heterocycles. The van der Waals surface area contributed by atoms with Crippen molar-refractivity contribution in [2.75, 3.05) is 19.8 Å². The molecule has 0 unspecified atom stereocenters. The second-order valence-electron chi connectivity index (χ2n) is 4.11. The van der Waals surface area contributed by atoms with Gasteiger partial charge in [0.25, 0.3) is 0 Å². The molecule has 100 valence electrons. The van der Waals surface area contributed by atoms with Crippen LogP contribution in [-0.4, -0.2) is 46.6 Å². The number of halogens is 1. The molecule has 0 radical (unpaired) electrons. The Morgan fingerprint density at radius 3 is 2.33 bits per heavy atom. The molecule has 0 spiro atoms. The van der Waals surface area contributed by atoms with Crippen LogP contribution in [0, 0.1) is 5.82 Å². The fraction of sp³-hybridized carbons (Fsp3) is 0.417. The van der Waals surface area contributed by atoms with E-state index in [1.165, 1.54) is 18.2 Å². The van der Waals surface area contributed by atoms with Crippen molar-refractivity contribution in [3.05, 3.63) is 35.6 Å². The van der Waals surface area contributed by atoms with E-state index in [2.05, 4.69) is 5.32 Å². The van der Waals surface area contributed by atoms with E-state index in [4.69, 9.17) is 15.3 Å². The highest BCUT2D eigenvalue weighted by Gasteiger charge is 2.29. The van der Waals surface area contributed by atoms with E-state index in [1.807, 2.05) is 0 Å². The van der Waals surface area contributed by atoms with Crippen molar-refractivity contribution in [2.24, 2.45) is 0 Å². The third-order valence-corrected chi connectivity index (χ3v) is 2.57. The van der Waals surface area contributed by atoms with Crippen molar-refractivity contribution in [3.63, 3.8) is 0 Å². The average Bonchev–Trinajstić information content (AvgIpc) is 2.36. The van der Waals surface area contributed by atoms with E-state index in [0.29, 0.717) is 5.56 Å². The highest BCUT2D eigenvalue weighted by molar-refractivity contribution is 5.79. The second-order valence-corrected chi connectivity index (χ2v) is 4.11. The number of benzene rings is 1. The molecule has 1 aromatic rings. The van der Waals surface area contributed by atoms with Crippen molar-refractivity contribution in [1.29, 1.82) is 0 Å². The number of carbonyl (C=O) groups excluding carboxylic acids is 1. The summed E-state index contributed by atoms with van der Waals surface area (Å²) in [6, 6.07) is 5.55. The Bertz CT molecular complexity index is 399. The van der Waals surface area contributed by atoms with Crippen LogP contribution in [0.15, 0.2) is 24.3 Å². The van der Waals surface area contributed by atoms with Gasteiger partial charge in [0.1, 0.15) is 11.4 Å². The normalized spacial score (nSPS) is 11.3. The number of nitrogens with one attached hydrogen (secondary N) is 1. The minimum atomic E-state index is -1.45. The van der Waals surface area contributed by atoms with Crippen LogP contribution < -0.4 is 5.32 Å². The zero-order chi connectivity index (χ0) is 13.6. The van der Waals surface area contributed by atoms with E-state index in [-0.39, 0.29) is 6.42 Å². The number of aliphatic hydroxyl groups excluding tert-OH is 3. The van der Waals surface area contributed by atoms with Crippen molar-refractivity contribution in [3.8, 4) is 0 Å². The standard InChI is InChI=1S/C12H16FNO4/c13-10-3-1-2-9(4-10)5-11(18)14-12(6-15,7-16)8-17/h1-4,15-17H,5-8H2,(H,14,18). The largest absolute Gasteiger partial charge is 0.394 e. The number of aliphatic hydroxyl groups is 3. The number of amides is 1. The van der Waals surface area contributed by atoms with E-state index in [1.54, 1.807) is 6.07 Å². The fourth-order valence-electron chi connectivity index (χ4n) is 1.44. The smallest absolute Gasteiger partial charge is 0.225 e. The number of carbonyl (C=O) groups is 1. The minimum absolute atomic E-state index is 0.0977. The third-order valence-electron chi connectivity index (χ3n) is 2.57. The van der Waals surface area contributed by atoms with Crippen molar-refractivity contribution in [1.82, 2.24) is 5.32 Å². The lowest BCUT2D eigenvalue weighted by Crippen LogP contribution is -2.57. The summed E-state index contributed by atoms with van der Waals surface area (Å²) in [6.45, 7) is -1.77. The summed E-state index contributed by atoms with van der Waals surface area (Å²) in [5.74, 6) is -0.962. The summed E-state index contributed by atoms with van der Waals surface area (Å²) in [4.78, 5) is 11.6. The second kappa shape index (κ2) is 6.44. The van der Waals surface area contributed by atoms with Crippen LogP contribution in [0.2, 0.25) is 0 Å². The van der Waals surface area contributed by atoms with Gasteiger partial charge in [-0.05, 0) is 17.7 Å². The lowest BCUT2D eigenvalue weighted by Gasteiger charge is -2.28. The van der Waals surface area contributed by atoms with Gasteiger partial charge in [-0.3, -0.25) is 4.79 Å². The maximum atomic E-state index is 12.9. The molecule has 0 saturated carbocycles. The Morgan fingerprint density at radius 2 is 1.83 bits per heavy atom. The molecule has 0 heterocycles. The Balaban J connectivity index is 2.66. The lowest BCUT2D eigenvalue weighted by molar-refractivity contribution is -0.124. The number of hydrogen-bond donors (Lipinski definition) is 4. The number of rotatable bonds is 6. The summed E-state index contributed by atoms with van der Waals surface area (Å²) in [5, 5.41) is 29.5. The van der Waals surface area contributed by atoms with Crippen LogP contribution in [0.3, 0.4) is 0 Å². The molecule has 4 N–H and O–H groups in total. The van der Waals surface area contributed by atoms with E-state index < -0.39 is 37.1 Å². The predicted octanol–water partition coefficient (Wildman–Crippen LogP) is -0.800. The third kappa shape index (κ3) is 3.76. The molecule has 1 amide bonds. The maximum absolute atomic E-state index is 12.9. The summed E-state index contributed by atoms with van der Waals surface area (Å²) in [6.07, 6.45) is -0.0977.